The Balaban J connectivity index is 2.45. The van der Waals surface area contributed by atoms with Gasteiger partial charge >= 0.3 is 5.97 Å². The number of carboxylic acid groups (broad SMARTS) is 1. The summed E-state index contributed by atoms with van der Waals surface area (Å²) in [6.45, 7) is 1.75. The van der Waals surface area contributed by atoms with Crippen molar-refractivity contribution in [3.05, 3.63) is 40.1 Å². The number of carbonyl (C=O) groups is 1. The van der Waals surface area contributed by atoms with E-state index in [4.69, 9.17) is 5.11 Å². The minimum Gasteiger partial charge on any atom is -0.481 e. The summed E-state index contributed by atoms with van der Waals surface area (Å²) < 4.78 is 2.51. The largest absolute Gasteiger partial charge is 0.481 e. The molecule has 2 aromatic rings. The van der Waals surface area contributed by atoms with Gasteiger partial charge in [0.1, 0.15) is 0 Å². The average molecular weight is 296 g/mol. The molecule has 0 atom stereocenters. The Hall–Kier alpha value is -1.69. The zero-order chi connectivity index (χ0) is 12.4. The van der Waals surface area contributed by atoms with E-state index in [1.54, 1.807) is 11.6 Å². The summed E-state index contributed by atoms with van der Waals surface area (Å²) in [6.07, 6.45) is -0.0884. The Morgan fingerprint density at radius 2 is 2.06 bits per heavy atom. The summed E-state index contributed by atoms with van der Waals surface area (Å²) in [4.78, 5) is 10.8. The van der Waals surface area contributed by atoms with Crippen molar-refractivity contribution in [2.75, 3.05) is 0 Å². The molecule has 1 N–H and O–H groups in total. The van der Waals surface area contributed by atoms with Gasteiger partial charge in [0, 0.05) is 4.47 Å². The number of rotatable bonds is 3. The summed E-state index contributed by atoms with van der Waals surface area (Å²) in [5.41, 5.74) is 2.03. The van der Waals surface area contributed by atoms with Crippen molar-refractivity contribution in [3.63, 3.8) is 0 Å². The van der Waals surface area contributed by atoms with Crippen molar-refractivity contribution in [1.82, 2.24) is 15.0 Å². The highest BCUT2D eigenvalue weighted by molar-refractivity contribution is 9.10. The number of aryl methyl sites for hydroxylation is 1. The van der Waals surface area contributed by atoms with E-state index < -0.39 is 5.97 Å². The molecule has 1 aromatic carbocycles. The molecule has 0 fully saturated rings. The molecule has 88 valence electrons. The quantitative estimate of drug-likeness (QED) is 0.940. The Labute approximate surface area is 106 Å². The van der Waals surface area contributed by atoms with Gasteiger partial charge in [-0.05, 0) is 31.2 Å². The second-order valence-electron chi connectivity index (χ2n) is 3.58. The van der Waals surface area contributed by atoms with Gasteiger partial charge in [0.2, 0.25) is 0 Å². The van der Waals surface area contributed by atoms with Gasteiger partial charge in [-0.3, -0.25) is 4.79 Å². The maximum absolute atomic E-state index is 10.8. The highest BCUT2D eigenvalue weighted by atomic mass is 79.9. The number of halogens is 1. The second-order valence-corrected chi connectivity index (χ2v) is 4.50. The number of carboxylic acids is 1. The number of aliphatic carboxylic acids is 1. The van der Waals surface area contributed by atoms with E-state index in [0.29, 0.717) is 11.4 Å². The van der Waals surface area contributed by atoms with Gasteiger partial charge in [-0.2, -0.15) is 0 Å². The Morgan fingerprint density at radius 1 is 1.41 bits per heavy atom. The second kappa shape index (κ2) is 4.67. The van der Waals surface area contributed by atoms with Crippen LogP contribution < -0.4 is 0 Å². The number of benzene rings is 1. The van der Waals surface area contributed by atoms with Crippen molar-refractivity contribution in [1.29, 1.82) is 0 Å². The first-order valence-corrected chi connectivity index (χ1v) is 5.76. The molecule has 0 aliphatic heterocycles. The van der Waals surface area contributed by atoms with Crippen LogP contribution in [0.3, 0.4) is 0 Å². The number of hydrogen-bond donors (Lipinski definition) is 1. The van der Waals surface area contributed by atoms with Crippen LogP contribution in [0.2, 0.25) is 0 Å². The zero-order valence-corrected chi connectivity index (χ0v) is 10.7. The van der Waals surface area contributed by atoms with Gasteiger partial charge in [-0.15, -0.1) is 5.10 Å². The molecular weight excluding hydrogens is 286 g/mol. The molecule has 5 nitrogen and oxygen atoms in total. The predicted molar refractivity (Wildman–Crippen MR) is 65.1 cm³/mol. The van der Waals surface area contributed by atoms with Crippen molar-refractivity contribution in [2.45, 2.75) is 13.3 Å². The summed E-state index contributed by atoms with van der Waals surface area (Å²) >= 11 is 3.34. The molecule has 0 aliphatic carbocycles. The van der Waals surface area contributed by atoms with Crippen molar-refractivity contribution >= 4 is 21.9 Å². The number of aromatic nitrogens is 3. The number of nitrogens with zero attached hydrogens (tertiary/aromatic N) is 3. The van der Waals surface area contributed by atoms with Gasteiger partial charge in [-0.1, -0.05) is 21.1 Å². The molecule has 0 saturated heterocycles. The molecule has 1 heterocycles. The van der Waals surface area contributed by atoms with E-state index >= 15 is 0 Å². The SMILES string of the molecule is Cc1nnn(-c2ccc(Br)cc2)c1CC(=O)O. The fourth-order valence-corrected chi connectivity index (χ4v) is 1.78. The molecular formula is C11H10BrN3O2. The summed E-state index contributed by atoms with van der Waals surface area (Å²) in [7, 11) is 0. The van der Waals surface area contributed by atoms with Crippen molar-refractivity contribution < 1.29 is 9.90 Å². The Morgan fingerprint density at radius 3 is 2.65 bits per heavy atom. The monoisotopic (exact) mass is 295 g/mol. The molecule has 1 aromatic heterocycles. The third-order valence-corrected chi connectivity index (χ3v) is 2.88. The Kier molecular flexibility index (Phi) is 3.23. The van der Waals surface area contributed by atoms with Crippen LogP contribution in [0.4, 0.5) is 0 Å². The van der Waals surface area contributed by atoms with Crippen LogP contribution in [-0.4, -0.2) is 26.1 Å². The van der Waals surface area contributed by atoms with Crippen LogP contribution in [0.15, 0.2) is 28.7 Å². The van der Waals surface area contributed by atoms with Gasteiger partial charge < -0.3 is 5.11 Å². The number of hydrogen-bond acceptors (Lipinski definition) is 3. The van der Waals surface area contributed by atoms with Gasteiger partial charge in [0.15, 0.2) is 0 Å². The molecule has 17 heavy (non-hydrogen) atoms. The highest BCUT2D eigenvalue weighted by Gasteiger charge is 2.13. The first-order valence-electron chi connectivity index (χ1n) is 4.97. The molecule has 0 aliphatic rings. The fourth-order valence-electron chi connectivity index (χ4n) is 1.51. The molecule has 0 spiro atoms. The van der Waals surface area contributed by atoms with Crippen molar-refractivity contribution in [2.24, 2.45) is 0 Å². The van der Waals surface area contributed by atoms with Crippen LogP contribution >= 0.6 is 15.9 Å². The summed E-state index contributed by atoms with van der Waals surface area (Å²) in [5, 5.41) is 16.7. The lowest BCUT2D eigenvalue weighted by Crippen LogP contribution is -2.08. The van der Waals surface area contributed by atoms with E-state index in [-0.39, 0.29) is 6.42 Å². The lowest BCUT2D eigenvalue weighted by molar-refractivity contribution is -0.136. The van der Waals surface area contributed by atoms with Gasteiger partial charge in [-0.25, -0.2) is 4.68 Å². The van der Waals surface area contributed by atoms with Crippen LogP contribution in [-0.2, 0) is 11.2 Å². The van der Waals surface area contributed by atoms with Crippen LogP contribution in [0.5, 0.6) is 0 Å². The van der Waals surface area contributed by atoms with E-state index in [2.05, 4.69) is 26.2 Å². The summed E-state index contributed by atoms with van der Waals surface area (Å²) in [5.74, 6) is -0.895. The van der Waals surface area contributed by atoms with E-state index in [1.807, 2.05) is 24.3 Å². The molecule has 2 rings (SSSR count). The lowest BCUT2D eigenvalue weighted by atomic mass is 10.2. The standard InChI is InChI=1S/C11H10BrN3O2/c1-7-10(6-11(16)17)15(14-13-7)9-4-2-8(12)3-5-9/h2-5H,6H2,1H3,(H,16,17). The minimum atomic E-state index is -0.895. The smallest absolute Gasteiger partial charge is 0.309 e. The average Bonchev–Trinajstić information content (AvgIpc) is 2.61. The van der Waals surface area contributed by atoms with Gasteiger partial charge in [0.05, 0.1) is 23.5 Å². The van der Waals surface area contributed by atoms with Gasteiger partial charge in [0.25, 0.3) is 0 Å². The lowest BCUT2D eigenvalue weighted by Gasteiger charge is -2.05. The van der Waals surface area contributed by atoms with Crippen molar-refractivity contribution in [3.8, 4) is 5.69 Å². The first kappa shape index (κ1) is 11.8. The highest BCUT2D eigenvalue weighted by Crippen LogP contribution is 2.16. The Bertz CT molecular complexity index is 548. The van der Waals surface area contributed by atoms with E-state index in [9.17, 15) is 4.79 Å². The normalized spacial score (nSPS) is 10.5. The van der Waals surface area contributed by atoms with E-state index in [0.717, 1.165) is 10.2 Å². The third-order valence-electron chi connectivity index (χ3n) is 2.35. The predicted octanol–water partition coefficient (Wildman–Crippen LogP) is 1.97. The van der Waals surface area contributed by atoms with Crippen LogP contribution in [0, 0.1) is 6.92 Å². The maximum Gasteiger partial charge on any atom is 0.309 e. The molecule has 0 amide bonds. The minimum absolute atomic E-state index is 0.0884. The molecule has 0 bridgehead atoms. The molecule has 0 saturated carbocycles. The summed E-state index contributed by atoms with van der Waals surface area (Å²) in [6, 6.07) is 7.45. The third kappa shape index (κ3) is 2.52. The molecule has 0 radical (unpaired) electrons. The fraction of sp³-hybridized carbons (Fsp3) is 0.182. The van der Waals surface area contributed by atoms with Crippen LogP contribution in [0.1, 0.15) is 11.4 Å². The molecule has 0 unspecified atom stereocenters. The molecule has 6 heteroatoms. The van der Waals surface area contributed by atoms with E-state index in [1.165, 1.54) is 0 Å². The maximum atomic E-state index is 10.8. The zero-order valence-electron chi connectivity index (χ0n) is 9.09. The van der Waals surface area contributed by atoms with Crippen LogP contribution in [0.25, 0.3) is 5.69 Å². The topological polar surface area (TPSA) is 68.0 Å². The first-order chi connectivity index (χ1) is 8.08.